The highest BCUT2D eigenvalue weighted by molar-refractivity contribution is 7.98. The minimum atomic E-state index is -0.868. The van der Waals surface area contributed by atoms with E-state index in [1.54, 1.807) is 37.4 Å². The smallest absolute Gasteiger partial charge is 0.408 e. The van der Waals surface area contributed by atoms with E-state index in [9.17, 15) is 14.4 Å². The predicted molar refractivity (Wildman–Crippen MR) is 160 cm³/mol. The number of nitrogens with one attached hydrogen (secondary N) is 2. The molecule has 39 heavy (non-hydrogen) atoms. The third kappa shape index (κ3) is 9.92. The van der Waals surface area contributed by atoms with Crippen molar-refractivity contribution in [2.24, 2.45) is 0 Å². The summed E-state index contributed by atoms with van der Waals surface area (Å²) in [5.41, 5.74) is 3.14. The molecular formula is C31H45N3O4S. The molecule has 0 saturated heterocycles. The molecule has 3 atom stereocenters. The maximum atomic E-state index is 14.3. The highest BCUT2D eigenvalue weighted by atomic mass is 32.2. The van der Waals surface area contributed by atoms with Gasteiger partial charge in [-0.3, -0.25) is 9.59 Å². The van der Waals surface area contributed by atoms with Crippen LogP contribution < -0.4 is 10.6 Å². The summed E-state index contributed by atoms with van der Waals surface area (Å²) in [5.74, 6) is 0.0914. The molecule has 2 rings (SSSR count). The number of carbonyl (C=O) groups excluding carboxylic acids is 3. The molecule has 214 valence electrons. The molecule has 0 radical (unpaired) electrons. The van der Waals surface area contributed by atoms with E-state index in [0.717, 1.165) is 22.3 Å². The summed E-state index contributed by atoms with van der Waals surface area (Å²) in [5, 5.41) is 5.84. The summed E-state index contributed by atoms with van der Waals surface area (Å²) in [6.45, 7) is 13.6. The van der Waals surface area contributed by atoms with Crippen LogP contribution in [-0.2, 0) is 20.9 Å². The third-order valence-corrected chi connectivity index (χ3v) is 7.25. The van der Waals surface area contributed by atoms with Crippen LogP contribution in [-0.4, -0.2) is 52.5 Å². The van der Waals surface area contributed by atoms with Gasteiger partial charge in [0.2, 0.25) is 11.8 Å². The van der Waals surface area contributed by atoms with Gasteiger partial charge in [-0.05, 0) is 88.6 Å². The van der Waals surface area contributed by atoms with E-state index in [1.165, 1.54) is 0 Å². The Balaban J connectivity index is 2.51. The van der Waals surface area contributed by atoms with Crippen molar-refractivity contribution in [3.05, 3.63) is 70.8 Å². The first kappa shape index (κ1) is 32.2. The van der Waals surface area contributed by atoms with Crippen LogP contribution in [0.3, 0.4) is 0 Å². The topological polar surface area (TPSA) is 87.7 Å². The lowest BCUT2D eigenvalue weighted by atomic mass is 9.96. The van der Waals surface area contributed by atoms with Gasteiger partial charge in [0.15, 0.2) is 0 Å². The first-order valence-corrected chi connectivity index (χ1v) is 15.0. The Hall–Kier alpha value is -3.00. The fourth-order valence-corrected chi connectivity index (χ4v) is 4.64. The van der Waals surface area contributed by atoms with E-state index in [-0.39, 0.29) is 17.9 Å². The third-order valence-electron chi connectivity index (χ3n) is 6.60. The minimum absolute atomic E-state index is 0.260. The Labute approximate surface area is 238 Å². The van der Waals surface area contributed by atoms with E-state index in [2.05, 4.69) is 10.6 Å². The van der Waals surface area contributed by atoms with Crippen LogP contribution in [0.25, 0.3) is 0 Å². The van der Waals surface area contributed by atoms with Crippen LogP contribution in [0.5, 0.6) is 0 Å². The monoisotopic (exact) mass is 555 g/mol. The van der Waals surface area contributed by atoms with Crippen molar-refractivity contribution in [1.82, 2.24) is 15.5 Å². The Morgan fingerprint density at radius 2 is 1.69 bits per heavy atom. The molecule has 0 aliphatic heterocycles. The molecule has 0 heterocycles. The first-order valence-electron chi connectivity index (χ1n) is 13.6. The average molecular weight is 556 g/mol. The maximum Gasteiger partial charge on any atom is 0.408 e. The van der Waals surface area contributed by atoms with E-state index in [1.807, 2.05) is 82.5 Å². The Bertz CT molecular complexity index is 1100. The van der Waals surface area contributed by atoms with Gasteiger partial charge < -0.3 is 20.3 Å². The quantitative estimate of drug-likeness (QED) is 0.339. The maximum absolute atomic E-state index is 14.3. The number of alkyl carbamates (subject to hydrolysis) is 1. The predicted octanol–water partition coefficient (Wildman–Crippen LogP) is 5.93. The number of carbonyl (C=O) groups is 3. The highest BCUT2D eigenvalue weighted by Gasteiger charge is 2.38. The molecular weight excluding hydrogens is 510 g/mol. The molecule has 0 fully saturated rings. The fraction of sp³-hybridized carbons (Fsp3) is 0.516. The standard InChI is InChI=1S/C31H45N3O4S/c1-9-23(4)34(29(36)26(17-18-39-8)33-30(37)38-31(5,6)7)27(25-16-15-21(2)22(3)19-25)28(35)32-20-24-13-11-10-12-14-24/h10-16,19,23,26-27H,9,17-18,20H2,1-8H3,(H,32,35)(H,33,37). The van der Waals surface area contributed by atoms with Gasteiger partial charge in [-0.25, -0.2) is 4.79 Å². The lowest BCUT2D eigenvalue weighted by Gasteiger charge is -2.38. The molecule has 7 nitrogen and oxygen atoms in total. The molecule has 0 bridgehead atoms. The number of nitrogens with zero attached hydrogens (tertiary/aromatic N) is 1. The van der Waals surface area contributed by atoms with E-state index in [0.29, 0.717) is 25.1 Å². The lowest BCUT2D eigenvalue weighted by Crippen LogP contribution is -2.55. The minimum Gasteiger partial charge on any atom is -0.444 e. The summed E-state index contributed by atoms with van der Waals surface area (Å²) in [4.78, 5) is 42.5. The summed E-state index contributed by atoms with van der Waals surface area (Å²) in [6, 6.07) is 13.6. The van der Waals surface area contributed by atoms with Crippen molar-refractivity contribution in [3.63, 3.8) is 0 Å². The molecule has 3 amide bonds. The van der Waals surface area contributed by atoms with Crippen molar-refractivity contribution in [2.45, 2.75) is 91.6 Å². The van der Waals surface area contributed by atoms with E-state index >= 15 is 0 Å². The van der Waals surface area contributed by atoms with Crippen molar-refractivity contribution in [2.75, 3.05) is 12.0 Å². The molecule has 0 aliphatic carbocycles. The van der Waals surface area contributed by atoms with Crippen LogP contribution in [0, 0.1) is 13.8 Å². The van der Waals surface area contributed by atoms with Gasteiger partial charge in [0.05, 0.1) is 0 Å². The molecule has 8 heteroatoms. The largest absolute Gasteiger partial charge is 0.444 e. The number of aryl methyl sites for hydroxylation is 2. The van der Waals surface area contributed by atoms with Crippen molar-refractivity contribution >= 4 is 29.7 Å². The number of ether oxygens (including phenoxy) is 1. The van der Waals surface area contributed by atoms with Gasteiger partial charge in [0, 0.05) is 12.6 Å². The zero-order valence-electron chi connectivity index (χ0n) is 24.7. The Kier molecular flexibility index (Phi) is 12.4. The molecule has 2 aromatic rings. The van der Waals surface area contributed by atoms with E-state index < -0.39 is 23.8 Å². The van der Waals surface area contributed by atoms with Gasteiger partial charge in [0.25, 0.3) is 0 Å². The van der Waals surface area contributed by atoms with Crippen molar-refractivity contribution in [3.8, 4) is 0 Å². The van der Waals surface area contributed by atoms with Gasteiger partial charge in [-0.15, -0.1) is 0 Å². The van der Waals surface area contributed by atoms with E-state index in [4.69, 9.17) is 4.74 Å². The highest BCUT2D eigenvalue weighted by Crippen LogP contribution is 2.28. The molecule has 2 N–H and O–H groups in total. The number of amides is 3. The molecule has 3 unspecified atom stereocenters. The summed E-state index contributed by atoms with van der Waals surface area (Å²) in [6.07, 6.45) is 2.36. The molecule has 0 saturated carbocycles. The van der Waals surface area contributed by atoms with Crippen LogP contribution >= 0.6 is 11.8 Å². The average Bonchev–Trinajstić information content (AvgIpc) is 2.88. The lowest BCUT2D eigenvalue weighted by molar-refractivity contribution is -0.145. The Morgan fingerprint density at radius 1 is 1.03 bits per heavy atom. The van der Waals surface area contributed by atoms with Gasteiger partial charge in [-0.2, -0.15) is 11.8 Å². The number of hydrogen-bond acceptors (Lipinski definition) is 5. The van der Waals surface area contributed by atoms with Gasteiger partial charge in [-0.1, -0.05) is 55.5 Å². The number of hydrogen-bond donors (Lipinski definition) is 2. The molecule has 2 aromatic carbocycles. The van der Waals surface area contributed by atoms with Crippen LogP contribution in [0.1, 0.15) is 75.8 Å². The zero-order chi connectivity index (χ0) is 29.2. The second kappa shape index (κ2) is 15.0. The number of thioether (sulfide) groups is 1. The van der Waals surface area contributed by atoms with Gasteiger partial charge >= 0.3 is 6.09 Å². The molecule has 0 aromatic heterocycles. The van der Waals surface area contributed by atoms with Crippen molar-refractivity contribution in [1.29, 1.82) is 0 Å². The SMILES string of the molecule is CCC(C)N(C(=O)C(CCSC)NC(=O)OC(C)(C)C)C(C(=O)NCc1ccccc1)c1ccc(C)c(C)c1. The van der Waals surface area contributed by atoms with Crippen LogP contribution in [0.15, 0.2) is 48.5 Å². The fourth-order valence-electron chi connectivity index (χ4n) is 4.17. The first-order chi connectivity index (χ1) is 18.4. The number of rotatable bonds is 12. The zero-order valence-corrected chi connectivity index (χ0v) is 25.5. The summed E-state index contributed by atoms with van der Waals surface area (Å²) < 4.78 is 5.47. The van der Waals surface area contributed by atoms with Crippen LogP contribution in [0.4, 0.5) is 4.79 Å². The number of benzene rings is 2. The van der Waals surface area contributed by atoms with Crippen LogP contribution in [0.2, 0.25) is 0 Å². The molecule has 0 aliphatic rings. The summed E-state index contributed by atoms with van der Waals surface area (Å²) in [7, 11) is 0. The normalized spacial score (nSPS) is 13.6. The second-order valence-electron chi connectivity index (χ2n) is 10.9. The Morgan fingerprint density at radius 3 is 2.26 bits per heavy atom. The summed E-state index contributed by atoms with van der Waals surface area (Å²) >= 11 is 1.59. The van der Waals surface area contributed by atoms with Gasteiger partial charge in [0.1, 0.15) is 17.7 Å². The van der Waals surface area contributed by atoms with Crippen molar-refractivity contribution < 1.29 is 19.1 Å². The second-order valence-corrected chi connectivity index (χ2v) is 11.9. The molecule has 0 spiro atoms.